The maximum atomic E-state index is 12.3. The standard InChI is InChI=1S/C17H26N2O4/c1-22-12-13-23-11-5-8-17(21)19(10-9-16(18)20)14-15-6-3-2-4-7-15/h2-4,6-7H,5,8-14H2,1H3,(H2,18,20). The second-order valence-electron chi connectivity index (χ2n) is 5.23. The molecular formula is C17H26N2O4. The Labute approximate surface area is 137 Å². The summed E-state index contributed by atoms with van der Waals surface area (Å²) in [5.74, 6) is -0.399. The number of ether oxygens (including phenoxy) is 2. The van der Waals surface area contributed by atoms with Crippen molar-refractivity contribution < 1.29 is 19.1 Å². The third-order valence-electron chi connectivity index (χ3n) is 3.31. The van der Waals surface area contributed by atoms with Gasteiger partial charge < -0.3 is 20.1 Å². The third kappa shape index (κ3) is 8.95. The van der Waals surface area contributed by atoms with E-state index in [0.29, 0.717) is 45.8 Å². The molecule has 2 N–H and O–H groups in total. The average Bonchev–Trinajstić information content (AvgIpc) is 2.55. The first-order chi connectivity index (χ1) is 11.1. The molecule has 0 radical (unpaired) electrons. The highest BCUT2D eigenvalue weighted by atomic mass is 16.5. The molecule has 0 spiro atoms. The smallest absolute Gasteiger partial charge is 0.222 e. The van der Waals surface area contributed by atoms with Crippen molar-refractivity contribution in [2.75, 3.05) is 33.5 Å². The number of methoxy groups -OCH3 is 1. The lowest BCUT2D eigenvalue weighted by Crippen LogP contribution is -2.33. The van der Waals surface area contributed by atoms with Gasteiger partial charge in [0.2, 0.25) is 11.8 Å². The molecule has 0 saturated carbocycles. The van der Waals surface area contributed by atoms with Crippen molar-refractivity contribution in [3.8, 4) is 0 Å². The average molecular weight is 322 g/mol. The Balaban J connectivity index is 2.43. The summed E-state index contributed by atoms with van der Waals surface area (Å²) in [4.78, 5) is 25.0. The molecule has 1 rings (SSSR count). The third-order valence-corrected chi connectivity index (χ3v) is 3.31. The van der Waals surface area contributed by atoms with Crippen molar-refractivity contribution >= 4 is 11.8 Å². The van der Waals surface area contributed by atoms with Gasteiger partial charge in [-0.15, -0.1) is 0 Å². The fourth-order valence-corrected chi connectivity index (χ4v) is 2.07. The lowest BCUT2D eigenvalue weighted by Gasteiger charge is -2.22. The van der Waals surface area contributed by atoms with Crippen LogP contribution in [0, 0.1) is 0 Å². The molecule has 0 saturated heterocycles. The summed E-state index contributed by atoms with van der Waals surface area (Å²) in [7, 11) is 1.62. The quantitative estimate of drug-likeness (QED) is 0.589. The van der Waals surface area contributed by atoms with E-state index in [2.05, 4.69) is 0 Å². The number of hydrogen-bond acceptors (Lipinski definition) is 4. The van der Waals surface area contributed by atoms with Crippen LogP contribution in [0.2, 0.25) is 0 Å². The second kappa shape index (κ2) is 11.6. The van der Waals surface area contributed by atoms with Gasteiger partial charge in [-0.3, -0.25) is 9.59 Å². The normalized spacial score (nSPS) is 10.5. The lowest BCUT2D eigenvalue weighted by molar-refractivity contribution is -0.132. The molecule has 2 amide bonds. The number of nitrogens with two attached hydrogens (primary N) is 1. The van der Waals surface area contributed by atoms with Gasteiger partial charge >= 0.3 is 0 Å². The van der Waals surface area contributed by atoms with Gasteiger partial charge in [0.1, 0.15) is 0 Å². The van der Waals surface area contributed by atoms with Crippen LogP contribution in [-0.2, 0) is 25.6 Å². The van der Waals surface area contributed by atoms with Crippen molar-refractivity contribution in [1.82, 2.24) is 4.90 Å². The van der Waals surface area contributed by atoms with E-state index in [1.807, 2.05) is 30.3 Å². The van der Waals surface area contributed by atoms with Gasteiger partial charge in [-0.1, -0.05) is 30.3 Å². The minimum atomic E-state index is -0.404. The van der Waals surface area contributed by atoms with Crippen LogP contribution in [0.1, 0.15) is 24.8 Å². The molecule has 0 aliphatic heterocycles. The van der Waals surface area contributed by atoms with Crippen LogP contribution < -0.4 is 5.73 Å². The summed E-state index contributed by atoms with van der Waals surface area (Å²) >= 11 is 0. The Kier molecular flexibility index (Phi) is 9.66. The minimum absolute atomic E-state index is 0.00504. The second-order valence-corrected chi connectivity index (χ2v) is 5.23. The van der Waals surface area contributed by atoms with E-state index < -0.39 is 5.91 Å². The van der Waals surface area contributed by atoms with Gasteiger partial charge in [-0.05, 0) is 12.0 Å². The zero-order chi connectivity index (χ0) is 16.9. The van der Waals surface area contributed by atoms with Crippen LogP contribution in [0.25, 0.3) is 0 Å². The Hall–Kier alpha value is -1.92. The summed E-state index contributed by atoms with van der Waals surface area (Å²) in [6, 6.07) is 9.69. The van der Waals surface area contributed by atoms with Crippen LogP contribution in [-0.4, -0.2) is 50.2 Å². The molecule has 0 aliphatic carbocycles. The van der Waals surface area contributed by atoms with Crippen molar-refractivity contribution in [2.24, 2.45) is 5.73 Å². The maximum absolute atomic E-state index is 12.3. The van der Waals surface area contributed by atoms with Crippen LogP contribution in [0.5, 0.6) is 0 Å². The highest BCUT2D eigenvalue weighted by Gasteiger charge is 2.14. The fraction of sp³-hybridized carbons (Fsp3) is 0.529. The van der Waals surface area contributed by atoms with E-state index in [1.165, 1.54) is 0 Å². The number of carbonyl (C=O) groups excluding carboxylic acids is 2. The fourth-order valence-electron chi connectivity index (χ4n) is 2.07. The van der Waals surface area contributed by atoms with Crippen LogP contribution >= 0.6 is 0 Å². The predicted molar refractivity (Wildman–Crippen MR) is 87.6 cm³/mol. The van der Waals surface area contributed by atoms with E-state index in [4.69, 9.17) is 15.2 Å². The summed E-state index contributed by atoms with van der Waals surface area (Å²) in [6.45, 7) is 2.42. The Morgan fingerprint density at radius 2 is 1.83 bits per heavy atom. The van der Waals surface area contributed by atoms with Gasteiger partial charge in [0.05, 0.1) is 13.2 Å². The number of benzene rings is 1. The van der Waals surface area contributed by atoms with E-state index >= 15 is 0 Å². The molecule has 0 bridgehead atoms. The van der Waals surface area contributed by atoms with E-state index in [1.54, 1.807) is 12.0 Å². The van der Waals surface area contributed by atoms with Gasteiger partial charge in [-0.25, -0.2) is 0 Å². The molecule has 23 heavy (non-hydrogen) atoms. The van der Waals surface area contributed by atoms with E-state index in [9.17, 15) is 9.59 Å². The number of carbonyl (C=O) groups is 2. The maximum Gasteiger partial charge on any atom is 0.222 e. The Morgan fingerprint density at radius 3 is 2.48 bits per heavy atom. The zero-order valence-electron chi connectivity index (χ0n) is 13.7. The molecule has 0 heterocycles. The molecule has 0 unspecified atom stereocenters. The molecule has 128 valence electrons. The SMILES string of the molecule is COCCOCCCC(=O)N(CCC(N)=O)Cc1ccccc1. The minimum Gasteiger partial charge on any atom is -0.382 e. The topological polar surface area (TPSA) is 81.9 Å². The Morgan fingerprint density at radius 1 is 1.09 bits per heavy atom. The molecular weight excluding hydrogens is 296 g/mol. The summed E-state index contributed by atoms with van der Waals surface area (Å²) in [5.41, 5.74) is 6.22. The van der Waals surface area contributed by atoms with Gasteiger partial charge in [0.25, 0.3) is 0 Å². The van der Waals surface area contributed by atoms with Crippen molar-refractivity contribution in [3.05, 3.63) is 35.9 Å². The van der Waals surface area contributed by atoms with Gasteiger partial charge in [0, 0.05) is 39.6 Å². The zero-order valence-corrected chi connectivity index (χ0v) is 13.7. The van der Waals surface area contributed by atoms with Crippen molar-refractivity contribution in [1.29, 1.82) is 0 Å². The van der Waals surface area contributed by atoms with Crippen LogP contribution in [0.15, 0.2) is 30.3 Å². The van der Waals surface area contributed by atoms with Crippen molar-refractivity contribution in [2.45, 2.75) is 25.8 Å². The largest absolute Gasteiger partial charge is 0.382 e. The van der Waals surface area contributed by atoms with Crippen LogP contribution in [0.3, 0.4) is 0 Å². The highest BCUT2D eigenvalue weighted by Crippen LogP contribution is 2.08. The van der Waals surface area contributed by atoms with Crippen molar-refractivity contribution in [3.63, 3.8) is 0 Å². The number of amides is 2. The molecule has 0 aliphatic rings. The molecule has 1 aromatic carbocycles. The first-order valence-corrected chi connectivity index (χ1v) is 7.80. The molecule has 0 fully saturated rings. The van der Waals surface area contributed by atoms with Crippen LogP contribution in [0.4, 0.5) is 0 Å². The number of primary amides is 1. The van der Waals surface area contributed by atoms with Gasteiger partial charge in [0.15, 0.2) is 0 Å². The van der Waals surface area contributed by atoms with E-state index in [-0.39, 0.29) is 12.3 Å². The molecule has 1 aromatic rings. The first-order valence-electron chi connectivity index (χ1n) is 7.80. The first kappa shape index (κ1) is 19.1. The molecule has 6 nitrogen and oxygen atoms in total. The predicted octanol–water partition coefficient (Wildman–Crippen LogP) is 1.33. The number of rotatable bonds is 12. The van der Waals surface area contributed by atoms with Gasteiger partial charge in [-0.2, -0.15) is 0 Å². The molecule has 6 heteroatoms. The molecule has 0 aromatic heterocycles. The Bertz CT molecular complexity index is 465. The lowest BCUT2D eigenvalue weighted by atomic mass is 10.2. The number of hydrogen-bond donors (Lipinski definition) is 1. The summed E-state index contributed by atoms with van der Waals surface area (Å²) < 4.78 is 10.2. The number of nitrogens with zero attached hydrogens (tertiary/aromatic N) is 1. The summed E-state index contributed by atoms with van der Waals surface area (Å²) in [5, 5.41) is 0. The summed E-state index contributed by atoms with van der Waals surface area (Å²) in [6.07, 6.45) is 1.20. The molecule has 0 atom stereocenters. The van der Waals surface area contributed by atoms with E-state index in [0.717, 1.165) is 5.56 Å². The highest BCUT2D eigenvalue weighted by molar-refractivity contribution is 5.78. The monoisotopic (exact) mass is 322 g/mol.